The molecule has 0 radical (unpaired) electrons. The predicted octanol–water partition coefficient (Wildman–Crippen LogP) is 3.67. The average Bonchev–Trinajstić information content (AvgIpc) is 2.53. The molecule has 0 aliphatic heterocycles. The number of nitrogens with zero attached hydrogens (tertiary/aromatic N) is 1. The summed E-state index contributed by atoms with van der Waals surface area (Å²) in [5.74, 6) is -0.271. The van der Waals surface area contributed by atoms with Crippen LogP contribution in [0, 0.1) is 0 Å². The van der Waals surface area contributed by atoms with Gasteiger partial charge >= 0.3 is 5.97 Å². The first-order valence-electron chi connectivity index (χ1n) is 7.64. The summed E-state index contributed by atoms with van der Waals surface area (Å²) < 4.78 is 10.2. The van der Waals surface area contributed by atoms with Crippen LogP contribution in [0.1, 0.15) is 37.6 Å². The van der Waals surface area contributed by atoms with Crippen molar-refractivity contribution in [3.63, 3.8) is 0 Å². The minimum Gasteiger partial charge on any atom is -0.481 e. The molecule has 0 atom stereocenters. The molecule has 5 nitrogen and oxygen atoms in total. The third-order valence-electron chi connectivity index (χ3n) is 3.19. The van der Waals surface area contributed by atoms with Crippen molar-refractivity contribution in [2.75, 3.05) is 7.11 Å². The van der Waals surface area contributed by atoms with Crippen molar-refractivity contribution < 1.29 is 19.1 Å². The maximum absolute atomic E-state index is 12.3. The Balaban J connectivity index is 2.14. The van der Waals surface area contributed by atoms with E-state index < -0.39 is 11.6 Å². The molecule has 126 valence electrons. The Hall–Kier alpha value is -2.69. The second-order valence-electron chi connectivity index (χ2n) is 6.36. The summed E-state index contributed by atoms with van der Waals surface area (Å²) in [6.45, 7) is 5.31. The van der Waals surface area contributed by atoms with Crippen molar-refractivity contribution in [3.05, 3.63) is 48.2 Å². The van der Waals surface area contributed by atoms with Gasteiger partial charge in [0.15, 0.2) is 5.78 Å². The SMILES string of the molecule is COc1ccc(-c2cccc(C(=O)CC(=O)OC(C)(C)C)c2)cn1. The van der Waals surface area contributed by atoms with Crippen LogP contribution in [-0.2, 0) is 9.53 Å². The van der Waals surface area contributed by atoms with Gasteiger partial charge in [0.1, 0.15) is 12.0 Å². The van der Waals surface area contributed by atoms with Crippen LogP contribution < -0.4 is 4.74 Å². The lowest BCUT2D eigenvalue weighted by Gasteiger charge is -2.19. The maximum atomic E-state index is 12.3. The van der Waals surface area contributed by atoms with E-state index >= 15 is 0 Å². The lowest BCUT2D eigenvalue weighted by atomic mass is 10.0. The number of carbonyl (C=O) groups excluding carboxylic acids is 2. The molecule has 2 aromatic rings. The van der Waals surface area contributed by atoms with Crippen molar-refractivity contribution >= 4 is 11.8 Å². The van der Waals surface area contributed by atoms with Gasteiger partial charge in [-0.1, -0.05) is 18.2 Å². The highest BCUT2D eigenvalue weighted by atomic mass is 16.6. The van der Waals surface area contributed by atoms with Crippen LogP contribution >= 0.6 is 0 Å². The van der Waals surface area contributed by atoms with E-state index in [4.69, 9.17) is 9.47 Å². The summed E-state index contributed by atoms with van der Waals surface area (Å²) >= 11 is 0. The van der Waals surface area contributed by atoms with Crippen LogP contribution in [0.15, 0.2) is 42.6 Å². The molecule has 0 saturated heterocycles. The van der Waals surface area contributed by atoms with Crippen LogP contribution in [0.2, 0.25) is 0 Å². The first-order valence-corrected chi connectivity index (χ1v) is 7.64. The number of ether oxygens (including phenoxy) is 2. The van der Waals surface area contributed by atoms with Gasteiger partial charge in [-0.15, -0.1) is 0 Å². The Kier molecular flexibility index (Phi) is 5.34. The smallest absolute Gasteiger partial charge is 0.314 e. The summed E-state index contributed by atoms with van der Waals surface area (Å²) in [6, 6.07) is 10.7. The van der Waals surface area contributed by atoms with Crippen molar-refractivity contribution in [3.8, 4) is 17.0 Å². The number of hydrogen-bond acceptors (Lipinski definition) is 5. The number of methoxy groups -OCH3 is 1. The quantitative estimate of drug-likeness (QED) is 0.476. The fraction of sp³-hybridized carbons (Fsp3) is 0.316. The molecule has 24 heavy (non-hydrogen) atoms. The van der Waals surface area contributed by atoms with E-state index in [9.17, 15) is 9.59 Å². The van der Waals surface area contributed by atoms with E-state index in [1.54, 1.807) is 58.3 Å². The number of rotatable bonds is 5. The first-order chi connectivity index (χ1) is 11.3. The lowest BCUT2D eigenvalue weighted by Crippen LogP contribution is -2.25. The van der Waals surface area contributed by atoms with Gasteiger partial charge in [-0.05, 0) is 38.5 Å². The Morgan fingerprint density at radius 3 is 2.42 bits per heavy atom. The van der Waals surface area contributed by atoms with Gasteiger partial charge in [0.05, 0.1) is 7.11 Å². The van der Waals surface area contributed by atoms with Gasteiger partial charge < -0.3 is 9.47 Å². The highest BCUT2D eigenvalue weighted by Crippen LogP contribution is 2.22. The van der Waals surface area contributed by atoms with E-state index in [0.29, 0.717) is 11.4 Å². The molecule has 1 aromatic carbocycles. The normalized spacial score (nSPS) is 11.0. The Morgan fingerprint density at radius 1 is 1.08 bits per heavy atom. The van der Waals surface area contributed by atoms with Gasteiger partial charge in [0, 0.05) is 23.4 Å². The third kappa shape index (κ3) is 4.91. The summed E-state index contributed by atoms with van der Waals surface area (Å²) in [4.78, 5) is 28.2. The molecule has 1 aromatic heterocycles. The number of Topliss-reactive ketones (excluding diaryl/α,β-unsaturated/α-hetero) is 1. The van der Waals surface area contributed by atoms with Gasteiger partial charge in [0.25, 0.3) is 0 Å². The zero-order chi connectivity index (χ0) is 17.7. The number of ketones is 1. The Bertz CT molecular complexity index is 730. The number of benzene rings is 1. The van der Waals surface area contributed by atoms with E-state index in [1.807, 2.05) is 12.1 Å². The molecule has 0 fully saturated rings. The second-order valence-corrected chi connectivity index (χ2v) is 6.36. The predicted molar refractivity (Wildman–Crippen MR) is 91.0 cm³/mol. The van der Waals surface area contributed by atoms with E-state index in [1.165, 1.54) is 0 Å². The fourth-order valence-electron chi connectivity index (χ4n) is 2.15. The highest BCUT2D eigenvalue weighted by molar-refractivity contribution is 6.06. The van der Waals surface area contributed by atoms with Gasteiger partial charge in [-0.3, -0.25) is 9.59 Å². The number of carbonyl (C=O) groups is 2. The molecule has 0 spiro atoms. The van der Waals surface area contributed by atoms with Gasteiger partial charge in [0.2, 0.25) is 5.88 Å². The molecule has 0 N–H and O–H groups in total. The summed E-state index contributed by atoms with van der Waals surface area (Å²) in [7, 11) is 1.55. The van der Waals surface area contributed by atoms with Crippen molar-refractivity contribution in [2.45, 2.75) is 32.8 Å². The molecule has 1 heterocycles. The number of hydrogen-bond donors (Lipinski definition) is 0. The molecule has 0 saturated carbocycles. The topological polar surface area (TPSA) is 65.5 Å². The number of esters is 1. The van der Waals surface area contributed by atoms with E-state index in [0.717, 1.165) is 11.1 Å². The van der Waals surface area contributed by atoms with Crippen LogP contribution in [0.5, 0.6) is 5.88 Å². The largest absolute Gasteiger partial charge is 0.481 e. The number of aromatic nitrogens is 1. The monoisotopic (exact) mass is 327 g/mol. The lowest BCUT2D eigenvalue weighted by molar-refractivity contribution is -0.153. The minimum atomic E-state index is -0.603. The molecule has 0 amide bonds. The van der Waals surface area contributed by atoms with Crippen LogP contribution in [0.4, 0.5) is 0 Å². The third-order valence-corrected chi connectivity index (χ3v) is 3.19. The van der Waals surface area contributed by atoms with Crippen molar-refractivity contribution in [1.82, 2.24) is 4.98 Å². The zero-order valence-corrected chi connectivity index (χ0v) is 14.3. The molecular weight excluding hydrogens is 306 g/mol. The van der Waals surface area contributed by atoms with Crippen molar-refractivity contribution in [2.24, 2.45) is 0 Å². The molecule has 0 aliphatic carbocycles. The zero-order valence-electron chi connectivity index (χ0n) is 14.3. The second kappa shape index (κ2) is 7.25. The van der Waals surface area contributed by atoms with Crippen LogP contribution in [0.3, 0.4) is 0 Å². The highest BCUT2D eigenvalue weighted by Gasteiger charge is 2.20. The van der Waals surface area contributed by atoms with Gasteiger partial charge in [-0.2, -0.15) is 0 Å². The molecule has 5 heteroatoms. The van der Waals surface area contributed by atoms with Gasteiger partial charge in [-0.25, -0.2) is 4.98 Å². The van der Waals surface area contributed by atoms with Crippen LogP contribution in [-0.4, -0.2) is 29.4 Å². The molecule has 0 aliphatic rings. The summed E-state index contributed by atoms with van der Waals surface area (Å²) in [5.41, 5.74) is 1.57. The summed E-state index contributed by atoms with van der Waals surface area (Å²) in [6.07, 6.45) is 1.40. The Labute approximate surface area is 141 Å². The maximum Gasteiger partial charge on any atom is 0.314 e. The number of pyridine rings is 1. The molecular formula is C19H21NO4. The van der Waals surface area contributed by atoms with E-state index in [-0.39, 0.29) is 12.2 Å². The van der Waals surface area contributed by atoms with Crippen molar-refractivity contribution in [1.29, 1.82) is 0 Å². The standard InChI is InChI=1S/C19H21NO4/c1-19(2,3)24-18(22)11-16(21)14-7-5-6-13(10-14)15-8-9-17(23-4)20-12-15/h5-10,12H,11H2,1-4H3. The van der Waals surface area contributed by atoms with E-state index in [2.05, 4.69) is 4.98 Å². The Morgan fingerprint density at radius 2 is 1.83 bits per heavy atom. The first kappa shape index (κ1) is 17.7. The minimum absolute atomic E-state index is 0.271. The molecule has 0 bridgehead atoms. The average molecular weight is 327 g/mol. The molecule has 2 rings (SSSR count). The molecule has 0 unspecified atom stereocenters. The fourth-order valence-corrected chi connectivity index (χ4v) is 2.15. The van der Waals surface area contributed by atoms with Crippen LogP contribution in [0.25, 0.3) is 11.1 Å². The summed E-state index contributed by atoms with van der Waals surface area (Å²) in [5, 5.41) is 0.